The minimum absolute atomic E-state index is 0. The number of rotatable bonds is 5. The molecule has 2 heterocycles. The van der Waals surface area contributed by atoms with Crippen LogP contribution in [0.15, 0.2) is 16.8 Å². The maximum Gasteiger partial charge on any atom is 0.252 e. The maximum absolute atomic E-state index is 12.0. The van der Waals surface area contributed by atoms with Crippen LogP contribution in [0.4, 0.5) is 0 Å². The first kappa shape index (κ1) is 17.9. The topological polar surface area (TPSA) is 75.4 Å². The Morgan fingerprint density at radius 2 is 2.10 bits per heavy atom. The Bertz CT molecular complexity index is 445. The van der Waals surface area contributed by atoms with Crippen molar-refractivity contribution in [3.05, 3.63) is 22.4 Å². The summed E-state index contributed by atoms with van der Waals surface area (Å²) in [4.78, 5) is 25.6. The second kappa shape index (κ2) is 9.02. The smallest absolute Gasteiger partial charge is 0.252 e. The number of piperidine rings is 1. The molecule has 1 aromatic rings. The first-order valence-corrected chi connectivity index (χ1v) is 7.93. The van der Waals surface area contributed by atoms with Crippen molar-refractivity contribution in [1.29, 1.82) is 0 Å². The van der Waals surface area contributed by atoms with Crippen molar-refractivity contribution in [1.82, 2.24) is 10.2 Å². The van der Waals surface area contributed by atoms with Crippen LogP contribution in [0.25, 0.3) is 0 Å². The Morgan fingerprint density at radius 1 is 1.38 bits per heavy atom. The summed E-state index contributed by atoms with van der Waals surface area (Å²) in [6.45, 7) is 2.68. The zero-order valence-corrected chi connectivity index (χ0v) is 13.5. The van der Waals surface area contributed by atoms with E-state index in [0.29, 0.717) is 31.0 Å². The van der Waals surface area contributed by atoms with Crippen LogP contribution in [-0.2, 0) is 4.79 Å². The monoisotopic (exact) mass is 331 g/mol. The molecule has 2 rings (SSSR count). The fraction of sp³-hybridized carbons (Fsp3) is 0.571. The number of hydrogen-bond acceptors (Lipinski definition) is 4. The van der Waals surface area contributed by atoms with Gasteiger partial charge in [-0.2, -0.15) is 11.3 Å². The summed E-state index contributed by atoms with van der Waals surface area (Å²) in [6, 6.07) is 1.78. The Hall–Kier alpha value is -1.11. The molecule has 1 aromatic heterocycles. The summed E-state index contributed by atoms with van der Waals surface area (Å²) < 4.78 is 0. The second-order valence-electron chi connectivity index (χ2n) is 5.08. The largest absolute Gasteiger partial charge is 0.351 e. The van der Waals surface area contributed by atoms with E-state index in [9.17, 15) is 9.59 Å². The van der Waals surface area contributed by atoms with E-state index in [4.69, 9.17) is 5.73 Å². The lowest BCUT2D eigenvalue weighted by molar-refractivity contribution is -0.132. The Morgan fingerprint density at radius 3 is 2.67 bits per heavy atom. The highest BCUT2D eigenvalue weighted by atomic mass is 35.5. The zero-order chi connectivity index (χ0) is 14.4. The summed E-state index contributed by atoms with van der Waals surface area (Å²) in [6.07, 6.45) is 2.34. The van der Waals surface area contributed by atoms with Crippen molar-refractivity contribution in [2.45, 2.75) is 19.3 Å². The third-order valence-corrected chi connectivity index (χ3v) is 4.39. The average molecular weight is 332 g/mol. The molecule has 0 spiro atoms. The van der Waals surface area contributed by atoms with Crippen molar-refractivity contribution in [3.63, 3.8) is 0 Å². The van der Waals surface area contributed by atoms with Crippen molar-refractivity contribution >= 4 is 35.6 Å². The van der Waals surface area contributed by atoms with Crippen LogP contribution in [0, 0.1) is 5.92 Å². The van der Waals surface area contributed by atoms with Gasteiger partial charge >= 0.3 is 0 Å². The van der Waals surface area contributed by atoms with Gasteiger partial charge in [0, 0.05) is 37.0 Å². The fourth-order valence-corrected chi connectivity index (χ4v) is 2.99. The fourth-order valence-electron chi connectivity index (χ4n) is 2.35. The van der Waals surface area contributed by atoms with E-state index in [0.717, 1.165) is 25.9 Å². The second-order valence-corrected chi connectivity index (χ2v) is 5.86. The van der Waals surface area contributed by atoms with E-state index >= 15 is 0 Å². The molecule has 0 saturated carbocycles. The summed E-state index contributed by atoms with van der Waals surface area (Å²) in [7, 11) is 0. The number of halogens is 1. The van der Waals surface area contributed by atoms with E-state index in [1.165, 1.54) is 11.3 Å². The van der Waals surface area contributed by atoms with Gasteiger partial charge in [0.2, 0.25) is 5.91 Å². The van der Waals surface area contributed by atoms with Crippen LogP contribution in [0.1, 0.15) is 29.6 Å². The van der Waals surface area contributed by atoms with Gasteiger partial charge in [0.25, 0.3) is 5.91 Å². The van der Waals surface area contributed by atoms with Gasteiger partial charge in [0.05, 0.1) is 0 Å². The quantitative estimate of drug-likeness (QED) is 0.858. The molecule has 0 aliphatic carbocycles. The highest BCUT2D eigenvalue weighted by Crippen LogP contribution is 2.16. The van der Waals surface area contributed by atoms with Gasteiger partial charge in [-0.25, -0.2) is 0 Å². The highest BCUT2D eigenvalue weighted by molar-refractivity contribution is 7.08. The Kier molecular flexibility index (Phi) is 7.71. The molecule has 0 radical (unpaired) electrons. The highest BCUT2D eigenvalue weighted by Gasteiger charge is 2.21. The number of nitrogens with two attached hydrogens (primary N) is 1. The molecule has 21 heavy (non-hydrogen) atoms. The summed E-state index contributed by atoms with van der Waals surface area (Å²) in [5.41, 5.74) is 6.29. The van der Waals surface area contributed by atoms with E-state index in [-0.39, 0.29) is 24.2 Å². The molecule has 0 aromatic carbocycles. The lowest BCUT2D eigenvalue weighted by Gasteiger charge is -2.31. The van der Waals surface area contributed by atoms with Gasteiger partial charge in [-0.3, -0.25) is 9.59 Å². The molecule has 118 valence electrons. The summed E-state index contributed by atoms with van der Waals surface area (Å²) in [5.74, 6) is 0.560. The van der Waals surface area contributed by atoms with Crippen LogP contribution in [0.5, 0.6) is 0 Å². The molecule has 7 heteroatoms. The van der Waals surface area contributed by atoms with Gasteiger partial charge in [-0.05, 0) is 36.8 Å². The molecule has 1 aliphatic rings. The van der Waals surface area contributed by atoms with Crippen molar-refractivity contribution < 1.29 is 9.59 Å². The zero-order valence-electron chi connectivity index (χ0n) is 11.9. The van der Waals surface area contributed by atoms with Crippen LogP contribution >= 0.6 is 23.7 Å². The molecular weight excluding hydrogens is 310 g/mol. The third kappa shape index (κ3) is 5.30. The minimum Gasteiger partial charge on any atom is -0.351 e. The molecule has 2 amide bonds. The van der Waals surface area contributed by atoms with E-state index in [1.807, 2.05) is 10.3 Å². The summed E-state index contributed by atoms with van der Waals surface area (Å²) >= 11 is 1.49. The number of carbonyl (C=O) groups is 2. The van der Waals surface area contributed by atoms with Gasteiger partial charge in [0.1, 0.15) is 0 Å². The van der Waals surface area contributed by atoms with Gasteiger partial charge in [-0.15, -0.1) is 12.4 Å². The molecule has 1 aliphatic heterocycles. The first-order chi connectivity index (χ1) is 9.70. The lowest BCUT2D eigenvalue weighted by atomic mass is 9.97. The van der Waals surface area contributed by atoms with E-state index in [2.05, 4.69) is 5.32 Å². The average Bonchev–Trinajstić information content (AvgIpc) is 3.01. The van der Waals surface area contributed by atoms with Crippen LogP contribution in [0.3, 0.4) is 0 Å². The molecule has 0 unspecified atom stereocenters. The van der Waals surface area contributed by atoms with Crippen LogP contribution in [0.2, 0.25) is 0 Å². The predicted octanol–water partition coefficient (Wildman–Crippen LogP) is 1.49. The molecule has 1 saturated heterocycles. The van der Waals surface area contributed by atoms with Crippen LogP contribution < -0.4 is 11.1 Å². The normalized spacial score (nSPS) is 15.4. The SMILES string of the molecule is Cl.NCC1CCN(C(=O)CCNC(=O)c2ccsc2)CC1. The predicted molar refractivity (Wildman–Crippen MR) is 86.9 cm³/mol. The number of thiophene rings is 1. The molecule has 5 nitrogen and oxygen atoms in total. The number of carbonyl (C=O) groups excluding carboxylic acids is 2. The van der Waals surface area contributed by atoms with Gasteiger partial charge in [0.15, 0.2) is 0 Å². The van der Waals surface area contributed by atoms with Crippen molar-refractivity contribution in [3.8, 4) is 0 Å². The summed E-state index contributed by atoms with van der Waals surface area (Å²) in [5, 5.41) is 6.44. The number of nitrogens with zero attached hydrogens (tertiary/aromatic N) is 1. The molecule has 0 atom stereocenters. The Balaban J connectivity index is 0.00000220. The lowest BCUT2D eigenvalue weighted by Crippen LogP contribution is -2.41. The number of nitrogens with one attached hydrogen (secondary N) is 1. The van der Waals surface area contributed by atoms with Crippen molar-refractivity contribution in [2.24, 2.45) is 11.7 Å². The molecule has 0 bridgehead atoms. The third-order valence-electron chi connectivity index (χ3n) is 3.71. The molecular formula is C14H22ClN3O2S. The van der Waals surface area contributed by atoms with Gasteiger partial charge < -0.3 is 16.0 Å². The first-order valence-electron chi connectivity index (χ1n) is 6.99. The maximum atomic E-state index is 12.0. The minimum atomic E-state index is -0.110. The number of hydrogen-bond donors (Lipinski definition) is 2. The van der Waals surface area contributed by atoms with Crippen LogP contribution in [-0.4, -0.2) is 42.9 Å². The number of likely N-dealkylation sites (tertiary alicyclic amines) is 1. The van der Waals surface area contributed by atoms with Gasteiger partial charge in [-0.1, -0.05) is 0 Å². The van der Waals surface area contributed by atoms with E-state index < -0.39 is 0 Å². The Labute approximate surface area is 135 Å². The van der Waals surface area contributed by atoms with E-state index in [1.54, 1.807) is 11.4 Å². The van der Waals surface area contributed by atoms with Crippen molar-refractivity contribution in [2.75, 3.05) is 26.2 Å². The number of amides is 2. The molecule has 1 fully saturated rings. The molecule has 3 N–H and O–H groups in total. The standard InChI is InChI=1S/C14H21N3O2S.ClH/c15-9-11-2-6-17(7-3-11)13(18)1-5-16-14(19)12-4-8-20-10-12;/h4,8,10-11H,1-3,5-7,9,15H2,(H,16,19);1H.